The molecule has 3 N–H and O–H groups in total. The second kappa shape index (κ2) is 4.68. The van der Waals surface area contributed by atoms with Gasteiger partial charge < -0.3 is 15.5 Å². The highest BCUT2D eigenvalue weighted by Crippen LogP contribution is 1.88. The van der Waals surface area contributed by atoms with E-state index >= 15 is 0 Å². The Morgan fingerprint density at radius 1 is 1.55 bits per heavy atom. The third kappa shape index (κ3) is 5.35. The predicted octanol–water partition coefficient (Wildman–Crippen LogP) is -1.04. The fourth-order valence-electron chi connectivity index (χ4n) is 0.508. The van der Waals surface area contributed by atoms with Gasteiger partial charge in [-0.15, -0.1) is 0 Å². The molecule has 0 saturated heterocycles. The molecule has 5 nitrogen and oxygen atoms in total. The molecule has 0 unspecified atom stereocenters. The standard InChI is InChI=1S/C6H11NO4/c1-4(8)7-3-2-5(9)6(10)11/h5,9H,2-3H2,1H3,(H,7,8)(H,10,11)/t5-/m0/s1. The van der Waals surface area contributed by atoms with Crippen LogP contribution in [0.1, 0.15) is 13.3 Å². The lowest BCUT2D eigenvalue weighted by Gasteiger charge is -2.04. The van der Waals surface area contributed by atoms with E-state index in [2.05, 4.69) is 5.32 Å². The van der Waals surface area contributed by atoms with Gasteiger partial charge in [-0.25, -0.2) is 4.79 Å². The SMILES string of the molecule is CC(=O)NCC[C@H](O)C(=O)O. The summed E-state index contributed by atoms with van der Waals surface area (Å²) in [6.07, 6.45) is -1.35. The molecular formula is C6H11NO4. The Balaban J connectivity index is 3.39. The first-order valence-electron chi connectivity index (χ1n) is 3.19. The average molecular weight is 161 g/mol. The molecule has 0 radical (unpaired) electrons. The molecule has 0 fully saturated rings. The smallest absolute Gasteiger partial charge is 0.332 e. The Labute approximate surface area is 64.0 Å². The molecule has 0 bridgehead atoms. The lowest BCUT2D eigenvalue weighted by Crippen LogP contribution is -2.28. The summed E-state index contributed by atoms with van der Waals surface area (Å²) < 4.78 is 0. The molecule has 0 aromatic carbocycles. The molecule has 1 atom stereocenters. The summed E-state index contributed by atoms with van der Waals surface area (Å²) in [5, 5.41) is 19.2. The maximum atomic E-state index is 10.3. The number of nitrogens with one attached hydrogen (secondary N) is 1. The van der Waals surface area contributed by atoms with Crippen LogP contribution in [0.5, 0.6) is 0 Å². The Morgan fingerprint density at radius 3 is 2.45 bits per heavy atom. The molecule has 64 valence electrons. The number of carboxylic acids is 1. The van der Waals surface area contributed by atoms with E-state index in [1.165, 1.54) is 6.92 Å². The fraction of sp³-hybridized carbons (Fsp3) is 0.667. The van der Waals surface area contributed by atoms with Gasteiger partial charge in [0.2, 0.25) is 5.91 Å². The van der Waals surface area contributed by atoms with Crippen LogP contribution in [0.2, 0.25) is 0 Å². The summed E-state index contributed by atoms with van der Waals surface area (Å²) in [5.74, 6) is -1.50. The van der Waals surface area contributed by atoms with Gasteiger partial charge in [0, 0.05) is 19.9 Å². The Kier molecular flexibility index (Phi) is 4.21. The highest BCUT2D eigenvalue weighted by molar-refractivity contribution is 5.73. The van der Waals surface area contributed by atoms with Crippen LogP contribution in [0.25, 0.3) is 0 Å². The molecule has 0 aliphatic rings. The van der Waals surface area contributed by atoms with Gasteiger partial charge in [0.15, 0.2) is 6.10 Å². The van der Waals surface area contributed by atoms with Gasteiger partial charge in [-0.2, -0.15) is 0 Å². The van der Waals surface area contributed by atoms with E-state index in [1.807, 2.05) is 0 Å². The van der Waals surface area contributed by atoms with Crippen LogP contribution >= 0.6 is 0 Å². The van der Waals surface area contributed by atoms with Crippen LogP contribution in [0.4, 0.5) is 0 Å². The molecule has 11 heavy (non-hydrogen) atoms. The molecule has 0 aromatic heterocycles. The molecule has 5 heteroatoms. The van der Waals surface area contributed by atoms with Crippen LogP contribution < -0.4 is 5.32 Å². The van der Waals surface area contributed by atoms with Gasteiger partial charge in [0.1, 0.15) is 0 Å². The van der Waals surface area contributed by atoms with Crippen molar-refractivity contribution in [1.82, 2.24) is 5.32 Å². The number of amides is 1. The maximum absolute atomic E-state index is 10.3. The van der Waals surface area contributed by atoms with Crippen molar-refractivity contribution >= 4 is 11.9 Å². The van der Waals surface area contributed by atoms with Crippen LogP contribution in [-0.4, -0.2) is 34.7 Å². The quantitative estimate of drug-likeness (QED) is 0.491. The number of aliphatic hydroxyl groups excluding tert-OH is 1. The van der Waals surface area contributed by atoms with Crippen molar-refractivity contribution in [3.05, 3.63) is 0 Å². The number of hydrogen-bond donors (Lipinski definition) is 3. The summed E-state index contributed by atoms with van der Waals surface area (Å²) in [7, 11) is 0. The topological polar surface area (TPSA) is 86.6 Å². The summed E-state index contributed by atoms with van der Waals surface area (Å²) in [4.78, 5) is 20.3. The van der Waals surface area contributed by atoms with Crippen LogP contribution in [-0.2, 0) is 9.59 Å². The lowest BCUT2D eigenvalue weighted by atomic mass is 10.2. The van der Waals surface area contributed by atoms with E-state index in [4.69, 9.17) is 10.2 Å². The number of aliphatic hydroxyl groups is 1. The monoisotopic (exact) mass is 161 g/mol. The molecular weight excluding hydrogens is 150 g/mol. The van der Waals surface area contributed by atoms with E-state index in [-0.39, 0.29) is 18.9 Å². The molecule has 0 aromatic rings. The zero-order chi connectivity index (χ0) is 8.85. The third-order valence-corrected chi connectivity index (χ3v) is 1.08. The molecule has 0 saturated carbocycles. The first-order valence-corrected chi connectivity index (χ1v) is 3.19. The van der Waals surface area contributed by atoms with Crippen LogP contribution in [0.3, 0.4) is 0 Å². The second-order valence-electron chi connectivity index (χ2n) is 2.13. The molecule has 0 aliphatic carbocycles. The number of hydrogen-bond acceptors (Lipinski definition) is 3. The zero-order valence-electron chi connectivity index (χ0n) is 6.20. The molecule has 0 aliphatic heterocycles. The predicted molar refractivity (Wildman–Crippen MR) is 36.9 cm³/mol. The first kappa shape index (κ1) is 9.90. The van der Waals surface area contributed by atoms with Crippen molar-refractivity contribution in [1.29, 1.82) is 0 Å². The summed E-state index contributed by atoms with van der Waals surface area (Å²) >= 11 is 0. The van der Waals surface area contributed by atoms with E-state index in [1.54, 1.807) is 0 Å². The van der Waals surface area contributed by atoms with Gasteiger partial charge in [-0.3, -0.25) is 4.79 Å². The maximum Gasteiger partial charge on any atom is 0.332 e. The molecule has 1 amide bonds. The third-order valence-electron chi connectivity index (χ3n) is 1.08. The van der Waals surface area contributed by atoms with Crippen LogP contribution in [0.15, 0.2) is 0 Å². The van der Waals surface area contributed by atoms with Gasteiger partial charge in [-0.1, -0.05) is 0 Å². The second-order valence-corrected chi connectivity index (χ2v) is 2.13. The molecule has 0 rings (SSSR count). The van der Waals surface area contributed by atoms with Gasteiger partial charge in [0.05, 0.1) is 0 Å². The number of rotatable bonds is 4. The van der Waals surface area contributed by atoms with E-state index in [0.29, 0.717) is 0 Å². The van der Waals surface area contributed by atoms with E-state index < -0.39 is 12.1 Å². The van der Waals surface area contributed by atoms with Crippen LogP contribution in [0, 0.1) is 0 Å². The minimum atomic E-state index is -1.39. The minimum Gasteiger partial charge on any atom is -0.479 e. The van der Waals surface area contributed by atoms with E-state index in [0.717, 1.165) is 0 Å². The van der Waals surface area contributed by atoms with Crippen molar-refractivity contribution in [2.45, 2.75) is 19.4 Å². The number of aliphatic carboxylic acids is 1. The van der Waals surface area contributed by atoms with Crippen molar-refractivity contribution in [3.8, 4) is 0 Å². The average Bonchev–Trinajstić information content (AvgIpc) is 1.86. The fourth-order valence-corrected chi connectivity index (χ4v) is 0.508. The Morgan fingerprint density at radius 2 is 2.09 bits per heavy atom. The normalized spacial score (nSPS) is 12.2. The lowest BCUT2D eigenvalue weighted by molar-refractivity contribution is -0.147. The summed E-state index contributed by atoms with van der Waals surface area (Å²) in [5.41, 5.74) is 0. The van der Waals surface area contributed by atoms with Crippen molar-refractivity contribution in [2.75, 3.05) is 6.54 Å². The number of carboxylic acid groups (broad SMARTS) is 1. The molecule has 0 spiro atoms. The van der Waals surface area contributed by atoms with E-state index in [9.17, 15) is 9.59 Å². The summed E-state index contributed by atoms with van der Waals surface area (Å²) in [6.45, 7) is 1.51. The van der Waals surface area contributed by atoms with Gasteiger partial charge >= 0.3 is 5.97 Å². The van der Waals surface area contributed by atoms with Gasteiger partial charge in [-0.05, 0) is 0 Å². The Hall–Kier alpha value is -1.10. The van der Waals surface area contributed by atoms with Crippen molar-refractivity contribution < 1.29 is 19.8 Å². The number of carbonyl (C=O) groups excluding carboxylic acids is 1. The van der Waals surface area contributed by atoms with Crippen molar-refractivity contribution in [2.24, 2.45) is 0 Å². The highest BCUT2D eigenvalue weighted by atomic mass is 16.4. The van der Waals surface area contributed by atoms with Gasteiger partial charge in [0.25, 0.3) is 0 Å². The largest absolute Gasteiger partial charge is 0.479 e. The highest BCUT2D eigenvalue weighted by Gasteiger charge is 2.11. The van der Waals surface area contributed by atoms with Crippen molar-refractivity contribution in [3.63, 3.8) is 0 Å². The molecule has 0 heterocycles. The first-order chi connectivity index (χ1) is 5.04. The number of carbonyl (C=O) groups is 2. The zero-order valence-corrected chi connectivity index (χ0v) is 6.20. The minimum absolute atomic E-state index is 0.0366. The summed E-state index contributed by atoms with van der Waals surface area (Å²) in [6, 6.07) is 0. The Bertz CT molecular complexity index is 157.